The summed E-state index contributed by atoms with van der Waals surface area (Å²) >= 11 is 0. The number of hydrogen-bond donors (Lipinski definition) is 1. The Balaban J connectivity index is 2.04. The summed E-state index contributed by atoms with van der Waals surface area (Å²) in [6.45, 7) is 1.92. The van der Waals surface area contributed by atoms with Crippen LogP contribution < -0.4 is 5.73 Å². The predicted octanol–water partition coefficient (Wildman–Crippen LogP) is 3.10. The minimum Gasteiger partial charge on any atom is -0.383 e. The molecule has 0 saturated heterocycles. The number of sulfone groups is 1. The average molecular weight is 339 g/mol. The van der Waals surface area contributed by atoms with Gasteiger partial charge in [0, 0.05) is 41.0 Å². The number of benzene rings is 1. The Morgan fingerprint density at radius 1 is 0.875 bits per heavy atom. The van der Waals surface area contributed by atoms with Crippen LogP contribution in [0.15, 0.2) is 59.8 Å². The molecule has 0 aliphatic rings. The molecule has 0 amide bonds. The highest BCUT2D eigenvalue weighted by Crippen LogP contribution is 2.29. The molecule has 0 aliphatic carbocycles. The molecule has 0 atom stereocenters. The molecule has 24 heavy (non-hydrogen) atoms. The van der Waals surface area contributed by atoms with E-state index >= 15 is 0 Å². The summed E-state index contributed by atoms with van der Waals surface area (Å²) in [5.41, 5.74) is 10.3. The highest BCUT2D eigenvalue weighted by atomic mass is 32.2. The van der Waals surface area contributed by atoms with Crippen LogP contribution in [0.5, 0.6) is 0 Å². The number of rotatable bonds is 3. The molecule has 122 valence electrons. The van der Waals surface area contributed by atoms with Gasteiger partial charge >= 0.3 is 0 Å². The summed E-state index contributed by atoms with van der Waals surface area (Å²) in [6.07, 6.45) is 4.63. The Bertz CT molecular complexity index is 980. The van der Waals surface area contributed by atoms with E-state index in [1.807, 2.05) is 25.1 Å². The zero-order chi connectivity index (χ0) is 17.3. The second kappa shape index (κ2) is 6.05. The van der Waals surface area contributed by atoms with Gasteiger partial charge in [-0.25, -0.2) is 13.4 Å². The van der Waals surface area contributed by atoms with Crippen molar-refractivity contribution < 1.29 is 8.42 Å². The minimum atomic E-state index is -3.21. The number of aromatic nitrogens is 2. The van der Waals surface area contributed by atoms with Crippen molar-refractivity contribution in [2.24, 2.45) is 0 Å². The SMILES string of the molecule is Cc1ccc(-c2cc(-c3ccc(S(C)(=O)=O)cc3)cnc2N)cn1. The fourth-order valence-corrected chi connectivity index (χ4v) is 3.02. The number of hydrogen-bond acceptors (Lipinski definition) is 5. The normalized spacial score (nSPS) is 11.4. The Labute approximate surface area is 141 Å². The van der Waals surface area contributed by atoms with Gasteiger partial charge in [-0.1, -0.05) is 18.2 Å². The maximum Gasteiger partial charge on any atom is 0.175 e. The van der Waals surface area contributed by atoms with Crippen LogP contribution in [0.25, 0.3) is 22.3 Å². The summed E-state index contributed by atoms with van der Waals surface area (Å²) in [5, 5.41) is 0. The van der Waals surface area contributed by atoms with Gasteiger partial charge in [0.05, 0.1) is 4.90 Å². The van der Waals surface area contributed by atoms with Crippen molar-refractivity contribution in [3.8, 4) is 22.3 Å². The van der Waals surface area contributed by atoms with E-state index in [2.05, 4.69) is 9.97 Å². The first kappa shape index (κ1) is 16.1. The van der Waals surface area contributed by atoms with Gasteiger partial charge in [0.25, 0.3) is 0 Å². The smallest absolute Gasteiger partial charge is 0.175 e. The fourth-order valence-electron chi connectivity index (χ4n) is 2.39. The summed E-state index contributed by atoms with van der Waals surface area (Å²) in [5.74, 6) is 0.428. The molecule has 5 nitrogen and oxygen atoms in total. The van der Waals surface area contributed by atoms with Crippen LogP contribution in [0, 0.1) is 6.92 Å². The zero-order valence-electron chi connectivity index (χ0n) is 13.4. The number of pyridine rings is 2. The molecule has 0 radical (unpaired) electrons. The molecule has 0 fully saturated rings. The molecule has 3 aromatic rings. The Morgan fingerprint density at radius 3 is 2.08 bits per heavy atom. The van der Waals surface area contributed by atoms with Gasteiger partial charge in [-0.3, -0.25) is 4.98 Å². The molecule has 2 heterocycles. The zero-order valence-corrected chi connectivity index (χ0v) is 14.2. The first-order chi connectivity index (χ1) is 11.3. The van der Waals surface area contributed by atoms with Crippen LogP contribution in [0.2, 0.25) is 0 Å². The molecule has 0 spiro atoms. The first-order valence-electron chi connectivity index (χ1n) is 7.33. The Morgan fingerprint density at radius 2 is 1.50 bits per heavy atom. The third kappa shape index (κ3) is 3.28. The van der Waals surface area contributed by atoms with Crippen LogP contribution in [0.3, 0.4) is 0 Å². The summed E-state index contributed by atoms with van der Waals surface area (Å²) < 4.78 is 23.1. The quantitative estimate of drug-likeness (QED) is 0.792. The first-order valence-corrected chi connectivity index (χ1v) is 9.23. The van der Waals surface area contributed by atoms with Gasteiger partial charge in [-0.2, -0.15) is 0 Å². The second-order valence-corrected chi connectivity index (χ2v) is 7.66. The Hall–Kier alpha value is -2.73. The maximum absolute atomic E-state index is 11.6. The van der Waals surface area contributed by atoms with E-state index in [0.29, 0.717) is 5.82 Å². The second-order valence-electron chi connectivity index (χ2n) is 5.64. The van der Waals surface area contributed by atoms with Gasteiger partial charge in [0.15, 0.2) is 9.84 Å². The number of anilines is 1. The van der Waals surface area contributed by atoms with Crippen LogP contribution in [0.4, 0.5) is 5.82 Å². The van der Waals surface area contributed by atoms with Crippen molar-refractivity contribution in [1.82, 2.24) is 9.97 Å². The lowest BCUT2D eigenvalue weighted by Gasteiger charge is -2.09. The van der Waals surface area contributed by atoms with Crippen molar-refractivity contribution in [3.63, 3.8) is 0 Å². The molecule has 3 rings (SSSR count). The van der Waals surface area contributed by atoms with E-state index in [1.54, 1.807) is 36.7 Å². The minimum absolute atomic E-state index is 0.289. The summed E-state index contributed by atoms with van der Waals surface area (Å²) in [6, 6.07) is 12.5. The summed E-state index contributed by atoms with van der Waals surface area (Å²) in [4.78, 5) is 8.83. The summed E-state index contributed by atoms with van der Waals surface area (Å²) in [7, 11) is -3.21. The van der Waals surface area contributed by atoms with Crippen molar-refractivity contribution in [3.05, 3.63) is 60.6 Å². The largest absolute Gasteiger partial charge is 0.383 e. The highest BCUT2D eigenvalue weighted by molar-refractivity contribution is 7.90. The Kier molecular flexibility index (Phi) is 4.07. The molecule has 0 aliphatic heterocycles. The molecule has 1 aromatic carbocycles. The van der Waals surface area contributed by atoms with Crippen LogP contribution in [-0.2, 0) is 9.84 Å². The van der Waals surface area contributed by atoms with Crippen molar-refractivity contribution in [1.29, 1.82) is 0 Å². The topological polar surface area (TPSA) is 85.9 Å². The average Bonchev–Trinajstić information content (AvgIpc) is 2.56. The highest BCUT2D eigenvalue weighted by Gasteiger charge is 2.10. The lowest BCUT2D eigenvalue weighted by molar-refractivity contribution is 0.602. The fraction of sp³-hybridized carbons (Fsp3) is 0.111. The number of nitrogens with two attached hydrogens (primary N) is 1. The predicted molar refractivity (Wildman–Crippen MR) is 95.2 cm³/mol. The van der Waals surface area contributed by atoms with Crippen molar-refractivity contribution in [2.75, 3.05) is 12.0 Å². The van der Waals surface area contributed by atoms with E-state index in [4.69, 9.17) is 5.73 Å². The van der Waals surface area contributed by atoms with E-state index in [0.717, 1.165) is 27.9 Å². The lowest BCUT2D eigenvalue weighted by atomic mass is 10.0. The van der Waals surface area contributed by atoms with E-state index in [-0.39, 0.29) is 4.90 Å². The van der Waals surface area contributed by atoms with E-state index in [1.165, 1.54) is 6.26 Å². The third-order valence-electron chi connectivity index (χ3n) is 3.76. The van der Waals surface area contributed by atoms with E-state index in [9.17, 15) is 8.42 Å². The number of aryl methyl sites for hydroxylation is 1. The molecule has 2 N–H and O–H groups in total. The monoisotopic (exact) mass is 339 g/mol. The number of nitrogen functional groups attached to an aromatic ring is 1. The van der Waals surface area contributed by atoms with Gasteiger partial charge in [-0.05, 0) is 36.8 Å². The molecular formula is C18H17N3O2S. The molecule has 0 bridgehead atoms. The third-order valence-corrected chi connectivity index (χ3v) is 4.89. The van der Waals surface area contributed by atoms with Gasteiger partial charge in [0.1, 0.15) is 5.82 Å². The van der Waals surface area contributed by atoms with Crippen LogP contribution >= 0.6 is 0 Å². The molecule has 0 unspecified atom stereocenters. The number of nitrogens with zero attached hydrogens (tertiary/aromatic N) is 2. The van der Waals surface area contributed by atoms with Gasteiger partial charge < -0.3 is 5.73 Å². The van der Waals surface area contributed by atoms with Gasteiger partial charge in [-0.15, -0.1) is 0 Å². The molecule has 2 aromatic heterocycles. The maximum atomic E-state index is 11.6. The van der Waals surface area contributed by atoms with Crippen molar-refractivity contribution >= 4 is 15.7 Å². The molecule has 6 heteroatoms. The van der Waals surface area contributed by atoms with Crippen molar-refractivity contribution in [2.45, 2.75) is 11.8 Å². The molecule has 0 saturated carbocycles. The van der Waals surface area contributed by atoms with Crippen LogP contribution in [-0.4, -0.2) is 24.6 Å². The van der Waals surface area contributed by atoms with E-state index < -0.39 is 9.84 Å². The molecular weight excluding hydrogens is 322 g/mol. The van der Waals surface area contributed by atoms with Crippen LogP contribution in [0.1, 0.15) is 5.69 Å². The van der Waals surface area contributed by atoms with Gasteiger partial charge in [0.2, 0.25) is 0 Å². The standard InChI is InChI=1S/C18H17N3O2S/c1-12-3-4-14(10-20-12)17-9-15(11-21-18(17)19)13-5-7-16(8-6-13)24(2,22)23/h3-11H,1-2H3,(H2,19,21). The lowest BCUT2D eigenvalue weighted by Crippen LogP contribution is -1.97.